The Morgan fingerprint density at radius 2 is 1.48 bits per heavy atom. The van der Waals surface area contributed by atoms with Gasteiger partial charge >= 0.3 is 12.1 Å². The first-order valence-corrected chi connectivity index (χ1v) is 15.9. The van der Waals surface area contributed by atoms with Gasteiger partial charge in [0.25, 0.3) is 0 Å². The van der Waals surface area contributed by atoms with Crippen LogP contribution in [0.5, 0.6) is 0 Å². The molecule has 1 amide bonds. The molecule has 9 nitrogen and oxygen atoms in total. The summed E-state index contributed by atoms with van der Waals surface area (Å²) in [5.41, 5.74) is 8.95. The SMILES string of the molecule is CCOC(=O)c1c2c(nn1CCNC(=O)OC(C)(C)C)C1=CN(C(c3ccccc3)(c3ccccc3)c3ccccc3)NC1CC2. The van der Waals surface area contributed by atoms with Crippen LogP contribution in [0.2, 0.25) is 0 Å². The van der Waals surface area contributed by atoms with Gasteiger partial charge in [-0.25, -0.2) is 15.0 Å². The average Bonchev–Trinajstić information content (AvgIpc) is 3.64. The lowest BCUT2D eigenvalue weighted by Crippen LogP contribution is -2.52. The Labute approximate surface area is 270 Å². The first-order valence-electron chi connectivity index (χ1n) is 15.9. The van der Waals surface area contributed by atoms with Crippen LogP contribution in [0.15, 0.2) is 97.2 Å². The topological polar surface area (TPSA) is 97.7 Å². The monoisotopic (exact) mass is 619 g/mol. The van der Waals surface area contributed by atoms with E-state index in [1.807, 2.05) is 39.0 Å². The zero-order chi connectivity index (χ0) is 32.3. The largest absolute Gasteiger partial charge is 0.461 e. The molecule has 238 valence electrons. The zero-order valence-corrected chi connectivity index (χ0v) is 26.8. The second-order valence-electron chi connectivity index (χ2n) is 12.5. The second kappa shape index (κ2) is 12.8. The van der Waals surface area contributed by atoms with E-state index in [0.717, 1.165) is 39.9 Å². The lowest BCUT2D eigenvalue weighted by Gasteiger charge is -2.44. The Morgan fingerprint density at radius 1 is 0.913 bits per heavy atom. The molecule has 2 N–H and O–H groups in total. The van der Waals surface area contributed by atoms with Crippen molar-refractivity contribution < 1.29 is 19.1 Å². The quantitative estimate of drug-likeness (QED) is 0.174. The molecule has 0 saturated carbocycles. The first kappa shape index (κ1) is 31.1. The van der Waals surface area contributed by atoms with Crippen LogP contribution in [0, 0.1) is 0 Å². The van der Waals surface area contributed by atoms with E-state index >= 15 is 0 Å². The molecule has 2 aliphatic rings. The van der Waals surface area contributed by atoms with Gasteiger partial charge < -0.3 is 14.8 Å². The maximum Gasteiger partial charge on any atom is 0.407 e. The summed E-state index contributed by atoms with van der Waals surface area (Å²) in [4.78, 5) is 25.6. The van der Waals surface area contributed by atoms with Crippen LogP contribution in [0.25, 0.3) is 5.57 Å². The molecule has 1 aliphatic heterocycles. The Morgan fingerprint density at radius 3 is 2.00 bits per heavy atom. The van der Waals surface area contributed by atoms with E-state index in [9.17, 15) is 9.59 Å². The maximum atomic E-state index is 13.3. The average molecular weight is 620 g/mol. The number of benzene rings is 3. The van der Waals surface area contributed by atoms with Crippen LogP contribution in [0.4, 0.5) is 4.79 Å². The summed E-state index contributed by atoms with van der Waals surface area (Å²) in [5.74, 6) is -0.414. The second-order valence-corrected chi connectivity index (χ2v) is 12.5. The number of hydrogen-bond donors (Lipinski definition) is 2. The number of amides is 1. The van der Waals surface area contributed by atoms with Gasteiger partial charge in [0.2, 0.25) is 0 Å². The molecule has 1 atom stereocenters. The molecular weight excluding hydrogens is 578 g/mol. The predicted molar refractivity (Wildman–Crippen MR) is 177 cm³/mol. The van der Waals surface area contributed by atoms with Gasteiger partial charge in [-0.3, -0.25) is 9.69 Å². The van der Waals surface area contributed by atoms with E-state index in [1.165, 1.54) is 0 Å². The summed E-state index contributed by atoms with van der Waals surface area (Å²) in [6, 6.07) is 31.5. The van der Waals surface area contributed by atoms with E-state index in [1.54, 1.807) is 11.6 Å². The van der Waals surface area contributed by atoms with Crippen molar-refractivity contribution in [2.45, 2.75) is 64.3 Å². The van der Waals surface area contributed by atoms with Crippen LogP contribution >= 0.6 is 0 Å². The van der Waals surface area contributed by atoms with Crippen LogP contribution in [0.1, 0.15) is 72.6 Å². The Bertz CT molecular complexity index is 1610. The Balaban J connectivity index is 1.43. The van der Waals surface area contributed by atoms with Gasteiger partial charge in [0.15, 0.2) is 0 Å². The number of nitrogens with zero attached hydrogens (tertiary/aromatic N) is 3. The van der Waals surface area contributed by atoms with Gasteiger partial charge in [0.05, 0.1) is 24.9 Å². The molecule has 0 spiro atoms. The number of carbonyl (C=O) groups is 2. The molecule has 0 radical (unpaired) electrons. The molecule has 6 rings (SSSR count). The lowest BCUT2D eigenvalue weighted by molar-refractivity contribution is 0.0510. The molecule has 1 unspecified atom stereocenters. The molecule has 4 aromatic rings. The number of rotatable bonds is 9. The highest BCUT2D eigenvalue weighted by Gasteiger charge is 2.47. The van der Waals surface area contributed by atoms with E-state index in [0.29, 0.717) is 12.1 Å². The number of ether oxygens (including phenoxy) is 2. The molecule has 0 fully saturated rings. The minimum absolute atomic E-state index is 0.0127. The molecule has 9 heteroatoms. The predicted octanol–water partition coefficient (Wildman–Crippen LogP) is 6.05. The van der Waals surface area contributed by atoms with Gasteiger partial charge in [-0.2, -0.15) is 5.10 Å². The molecule has 46 heavy (non-hydrogen) atoms. The van der Waals surface area contributed by atoms with E-state index in [4.69, 9.17) is 14.6 Å². The van der Waals surface area contributed by atoms with Crippen molar-refractivity contribution in [3.05, 3.63) is 131 Å². The summed E-state index contributed by atoms with van der Waals surface area (Å²) >= 11 is 0. The number of aromatic nitrogens is 2. The molecule has 0 bridgehead atoms. The van der Waals surface area contributed by atoms with Crippen LogP contribution in [-0.2, 0) is 28.0 Å². The van der Waals surface area contributed by atoms with Gasteiger partial charge in [-0.1, -0.05) is 91.0 Å². The fourth-order valence-electron chi connectivity index (χ4n) is 6.52. The minimum atomic E-state index is -0.696. The van der Waals surface area contributed by atoms with Gasteiger partial charge in [0, 0.05) is 23.9 Å². The minimum Gasteiger partial charge on any atom is -0.461 e. The third-order valence-electron chi connectivity index (χ3n) is 8.34. The van der Waals surface area contributed by atoms with Gasteiger partial charge in [0.1, 0.15) is 16.8 Å². The third kappa shape index (κ3) is 5.90. The number of alkyl carbamates (subject to hydrolysis) is 1. The van der Waals surface area contributed by atoms with Crippen molar-refractivity contribution in [3.8, 4) is 0 Å². The molecule has 1 aromatic heterocycles. The standard InChI is InChI=1S/C37H41N5O4/c1-5-45-34(43)33-29-21-22-31-30(32(29)40-41(33)24-23-38-35(44)46-36(2,3)4)25-42(39-31)37(26-15-9-6-10-16-26,27-17-11-7-12-18-27)28-19-13-8-14-20-28/h6-20,25,31,39H,5,21-24H2,1-4H3,(H,38,44). The molecule has 2 heterocycles. The van der Waals surface area contributed by atoms with Crippen molar-refractivity contribution in [1.29, 1.82) is 0 Å². The van der Waals surface area contributed by atoms with Crippen LogP contribution in [-0.4, -0.2) is 51.6 Å². The summed E-state index contributed by atoms with van der Waals surface area (Å²) in [5, 5.41) is 9.99. The fraction of sp³-hybridized carbons (Fsp3) is 0.324. The highest BCUT2D eigenvalue weighted by Crippen LogP contribution is 2.46. The van der Waals surface area contributed by atoms with Crippen molar-refractivity contribution >= 4 is 17.6 Å². The van der Waals surface area contributed by atoms with Crippen molar-refractivity contribution in [2.75, 3.05) is 13.2 Å². The summed E-state index contributed by atoms with van der Waals surface area (Å²) < 4.78 is 12.5. The number of carbonyl (C=O) groups excluding carboxylic acids is 2. The normalized spacial score (nSPS) is 15.9. The van der Waals surface area contributed by atoms with Crippen molar-refractivity contribution in [3.63, 3.8) is 0 Å². The number of hydrogen-bond acceptors (Lipinski definition) is 7. The van der Waals surface area contributed by atoms with Gasteiger partial charge in [-0.05, 0) is 57.2 Å². The maximum absolute atomic E-state index is 13.3. The lowest BCUT2D eigenvalue weighted by atomic mass is 9.76. The van der Waals surface area contributed by atoms with E-state index < -0.39 is 23.2 Å². The van der Waals surface area contributed by atoms with Crippen molar-refractivity contribution in [2.24, 2.45) is 0 Å². The number of hydrazine groups is 1. The Kier molecular flexibility index (Phi) is 8.69. The molecule has 0 saturated heterocycles. The molecule has 1 aliphatic carbocycles. The highest BCUT2D eigenvalue weighted by atomic mass is 16.6. The van der Waals surface area contributed by atoms with Gasteiger partial charge in [-0.15, -0.1) is 0 Å². The number of esters is 1. The highest BCUT2D eigenvalue weighted by molar-refractivity contribution is 5.92. The van der Waals surface area contributed by atoms with E-state index in [-0.39, 0.29) is 25.7 Å². The van der Waals surface area contributed by atoms with Crippen LogP contribution in [0.3, 0.4) is 0 Å². The molecule has 3 aromatic carbocycles. The van der Waals surface area contributed by atoms with Crippen molar-refractivity contribution in [1.82, 2.24) is 25.5 Å². The summed E-state index contributed by atoms with van der Waals surface area (Å²) in [7, 11) is 0. The summed E-state index contributed by atoms with van der Waals surface area (Å²) in [6.07, 6.45) is 3.07. The van der Waals surface area contributed by atoms with E-state index in [2.05, 4.69) is 94.7 Å². The van der Waals surface area contributed by atoms with Crippen LogP contribution < -0.4 is 10.7 Å². The zero-order valence-electron chi connectivity index (χ0n) is 26.8. The first-order chi connectivity index (χ1) is 22.2. The smallest absolute Gasteiger partial charge is 0.407 e. The third-order valence-corrected chi connectivity index (χ3v) is 8.34. The number of nitrogens with one attached hydrogen (secondary N) is 2. The number of fused-ring (bicyclic) bond motifs is 3. The fourth-order valence-corrected chi connectivity index (χ4v) is 6.52. The molecular formula is C37H41N5O4. The summed E-state index contributed by atoms with van der Waals surface area (Å²) in [6.45, 7) is 8.03. The Hall–Kier alpha value is -4.89.